The van der Waals surface area contributed by atoms with Gasteiger partial charge in [0.15, 0.2) is 0 Å². The van der Waals surface area contributed by atoms with Gasteiger partial charge in [0.2, 0.25) is 11.8 Å². The van der Waals surface area contributed by atoms with Crippen LogP contribution in [0.25, 0.3) is 0 Å². The monoisotopic (exact) mass is 279 g/mol. The zero-order valence-electron chi connectivity index (χ0n) is 11.4. The van der Waals surface area contributed by atoms with Gasteiger partial charge in [-0.25, -0.2) is 0 Å². The summed E-state index contributed by atoms with van der Waals surface area (Å²) in [7, 11) is 0. The summed E-state index contributed by atoms with van der Waals surface area (Å²) in [5.41, 5.74) is 1.83. The van der Waals surface area contributed by atoms with E-state index in [1.807, 2.05) is 12.1 Å². The van der Waals surface area contributed by atoms with E-state index in [1.54, 1.807) is 6.07 Å². The fraction of sp³-hybridized carbons (Fsp3) is 0.467. The Labute approximate surface area is 118 Å². The molecule has 0 spiro atoms. The van der Waals surface area contributed by atoms with Gasteiger partial charge in [-0.15, -0.1) is 0 Å². The summed E-state index contributed by atoms with van der Waals surface area (Å²) in [5, 5.41) is 3.00. The SMILES string of the molecule is CC(C)(C)c1cccc(Cl)c1C1CCC(=O)NC1=O. The summed E-state index contributed by atoms with van der Waals surface area (Å²) in [6.07, 6.45) is 0.892. The topological polar surface area (TPSA) is 46.2 Å². The molecule has 1 unspecified atom stereocenters. The van der Waals surface area contributed by atoms with Crippen LogP contribution in [0, 0.1) is 0 Å². The molecular formula is C15H18ClNO2. The quantitative estimate of drug-likeness (QED) is 0.803. The zero-order chi connectivity index (χ0) is 14.2. The molecule has 1 saturated heterocycles. The molecule has 1 heterocycles. The van der Waals surface area contributed by atoms with Crippen LogP contribution in [-0.4, -0.2) is 11.8 Å². The molecule has 3 nitrogen and oxygen atoms in total. The number of hydrogen-bond donors (Lipinski definition) is 1. The molecule has 102 valence electrons. The minimum absolute atomic E-state index is 0.0953. The molecule has 19 heavy (non-hydrogen) atoms. The second-order valence-electron chi connectivity index (χ2n) is 5.95. The van der Waals surface area contributed by atoms with Crippen molar-refractivity contribution in [2.75, 3.05) is 0 Å². The Kier molecular flexibility index (Phi) is 3.68. The van der Waals surface area contributed by atoms with Gasteiger partial charge in [0.1, 0.15) is 0 Å². The van der Waals surface area contributed by atoms with Crippen LogP contribution < -0.4 is 5.32 Å². The van der Waals surface area contributed by atoms with Gasteiger partial charge >= 0.3 is 0 Å². The Morgan fingerprint density at radius 1 is 1.26 bits per heavy atom. The number of imide groups is 1. The van der Waals surface area contributed by atoms with Crippen LogP contribution >= 0.6 is 11.6 Å². The first-order chi connectivity index (χ1) is 8.80. The molecule has 1 N–H and O–H groups in total. The van der Waals surface area contributed by atoms with Crippen LogP contribution in [0.5, 0.6) is 0 Å². The standard InChI is InChI=1S/C15H18ClNO2/c1-15(2,3)10-5-4-6-11(16)13(10)9-7-8-12(18)17-14(9)19/h4-6,9H,7-8H2,1-3H3,(H,17,18,19). The van der Waals surface area contributed by atoms with Crippen LogP contribution in [0.4, 0.5) is 0 Å². The maximum absolute atomic E-state index is 12.0. The van der Waals surface area contributed by atoms with E-state index >= 15 is 0 Å². The second-order valence-corrected chi connectivity index (χ2v) is 6.36. The molecule has 1 aliphatic rings. The highest BCUT2D eigenvalue weighted by Crippen LogP contribution is 2.38. The number of amides is 2. The molecule has 0 bridgehead atoms. The highest BCUT2D eigenvalue weighted by Gasteiger charge is 2.33. The van der Waals surface area contributed by atoms with Gasteiger partial charge in [0.05, 0.1) is 5.92 Å². The number of piperidine rings is 1. The average Bonchev–Trinajstić information content (AvgIpc) is 2.28. The maximum Gasteiger partial charge on any atom is 0.234 e. The molecule has 1 aromatic carbocycles. The summed E-state index contributed by atoms with van der Waals surface area (Å²) < 4.78 is 0. The smallest absolute Gasteiger partial charge is 0.234 e. The van der Waals surface area contributed by atoms with Crippen molar-refractivity contribution < 1.29 is 9.59 Å². The molecule has 0 saturated carbocycles. The van der Waals surface area contributed by atoms with Crippen molar-refractivity contribution in [2.24, 2.45) is 0 Å². The third kappa shape index (κ3) is 2.81. The number of benzene rings is 1. The normalized spacial score (nSPS) is 20.3. The van der Waals surface area contributed by atoms with E-state index in [1.165, 1.54) is 0 Å². The van der Waals surface area contributed by atoms with Crippen LogP contribution in [0.15, 0.2) is 18.2 Å². The predicted octanol–water partition coefficient (Wildman–Crippen LogP) is 3.16. The van der Waals surface area contributed by atoms with Crippen molar-refractivity contribution in [2.45, 2.75) is 44.9 Å². The first-order valence-electron chi connectivity index (χ1n) is 6.43. The van der Waals surface area contributed by atoms with E-state index < -0.39 is 0 Å². The van der Waals surface area contributed by atoms with E-state index in [0.29, 0.717) is 17.9 Å². The molecule has 2 rings (SSSR count). The minimum Gasteiger partial charge on any atom is -0.296 e. The maximum atomic E-state index is 12.0. The Balaban J connectivity index is 2.50. The first kappa shape index (κ1) is 14.1. The van der Waals surface area contributed by atoms with Crippen molar-refractivity contribution in [1.82, 2.24) is 5.32 Å². The van der Waals surface area contributed by atoms with E-state index in [4.69, 9.17) is 11.6 Å². The Morgan fingerprint density at radius 2 is 1.95 bits per heavy atom. The molecule has 0 aliphatic carbocycles. The number of halogens is 1. The highest BCUT2D eigenvalue weighted by atomic mass is 35.5. The fourth-order valence-corrected chi connectivity index (χ4v) is 2.82. The van der Waals surface area contributed by atoms with Crippen molar-refractivity contribution in [3.63, 3.8) is 0 Å². The third-order valence-corrected chi connectivity index (χ3v) is 3.78. The molecule has 1 aromatic rings. The minimum atomic E-state index is -0.333. The Morgan fingerprint density at radius 3 is 2.53 bits per heavy atom. The molecule has 4 heteroatoms. The molecule has 0 radical (unpaired) electrons. The summed E-state index contributed by atoms with van der Waals surface area (Å²) in [6.45, 7) is 6.27. The Bertz CT molecular complexity index is 531. The van der Waals surface area contributed by atoms with Gasteiger partial charge in [-0.1, -0.05) is 44.5 Å². The molecule has 1 aliphatic heterocycles. The van der Waals surface area contributed by atoms with E-state index in [-0.39, 0.29) is 23.1 Å². The lowest BCUT2D eigenvalue weighted by atomic mass is 9.78. The largest absolute Gasteiger partial charge is 0.296 e. The van der Waals surface area contributed by atoms with Crippen molar-refractivity contribution >= 4 is 23.4 Å². The van der Waals surface area contributed by atoms with Crippen molar-refractivity contribution in [3.05, 3.63) is 34.3 Å². The number of carbonyl (C=O) groups excluding carboxylic acids is 2. The molecular weight excluding hydrogens is 262 g/mol. The van der Waals surface area contributed by atoms with Crippen LogP contribution in [0.1, 0.15) is 50.7 Å². The Hall–Kier alpha value is -1.35. The number of rotatable bonds is 1. The lowest BCUT2D eigenvalue weighted by Crippen LogP contribution is -2.40. The summed E-state index contributed by atoms with van der Waals surface area (Å²) in [4.78, 5) is 23.3. The van der Waals surface area contributed by atoms with E-state index in [9.17, 15) is 9.59 Å². The number of hydrogen-bond acceptors (Lipinski definition) is 2. The van der Waals surface area contributed by atoms with Crippen LogP contribution in [0.2, 0.25) is 5.02 Å². The molecule has 0 aromatic heterocycles. The average molecular weight is 280 g/mol. The summed E-state index contributed by atoms with van der Waals surface area (Å²) in [6, 6.07) is 5.71. The molecule has 2 amide bonds. The predicted molar refractivity (Wildman–Crippen MR) is 75.3 cm³/mol. The van der Waals surface area contributed by atoms with Gasteiger partial charge < -0.3 is 0 Å². The van der Waals surface area contributed by atoms with Gasteiger partial charge in [-0.2, -0.15) is 0 Å². The van der Waals surface area contributed by atoms with E-state index in [0.717, 1.165) is 11.1 Å². The fourth-order valence-electron chi connectivity index (χ4n) is 2.51. The van der Waals surface area contributed by atoms with E-state index in [2.05, 4.69) is 26.1 Å². The zero-order valence-corrected chi connectivity index (χ0v) is 12.2. The van der Waals surface area contributed by atoms with Gasteiger partial charge in [0.25, 0.3) is 0 Å². The highest BCUT2D eigenvalue weighted by molar-refractivity contribution is 6.31. The van der Waals surface area contributed by atoms with Crippen molar-refractivity contribution in [1.29, 1.82) is 0 Å². The molecule has 1 atom stereocenters. The first-order valence-corrected chi connectivity index (χ1v) is 6.81. The molecule has 1 fully saturated rings. The lowest BCUT2D eigenvalue weighted by Gasteiger charge is -2.29. The number of carbonyl (C=O) groups is 2. The van der Waals surface area contributed by atoms with Crippen LogP contribution in [-0.2, 0) is 15.0 Å². The summed E-state index contributed by atoms with van der Waals surface area (Å²) in [5.74, 6) is -0.777. The van der Waals surface area contributed by atoms with Crippen molar-refractivity contribution in [3.8, 4) is 0 Å². The summed E-state index contributed by atoms with van der Waals surface area (Å²) >= 11 is 6.31. The lowest BCUT2D eigenvalue weighted by molar-refractivity contribution is -0.134. The van der Waals surface area contributed by atoms with Gasteiger partial charge in [0, 0.05) is 11.4 Å². The van der Waals surface area contributed by atoms with Gasteiger partial charge in [-0.3, -0.25) is 14.9 Å². The number of nitrogens with one attached hydrogen (secondary N) is 1. The second kappa shape index (κ2) is 4.97. The van der Waals surface area contributed by atoms with Gasteiger partial charge in [-0.05, 0) is 29.0 Å². The third-order valence-electron chi connectivity index (χ3n) is 3.45. The van der Waals surface area contributed by atoms with Crippen LogP contribution in [0.3, 0.4) is 0 Å².